The molecule has 2 aliphatic heterocycles. The minimum Gasteiger partial charge on any atom is -0.383 e. The highest BCUT2D eigenvalue weighted by Gasteiger charge is 2.48. The fourth-order valence-electron chi connectivity index (χ4n) is 17.4. The molecule has 38 nitrogen and oxygen atoms in total. The summed E-state index contributed by atoms with van der Waals surface area (Å²) in [7, 11) is 18.9. The van der Waals surface area contributed by atoms with Crippen molar-refractivity contribution in [1.82, 2.24) is 119 Å². The minimum atomic E-state index is -0.0770. The quantitative estimate of drug-likeness (QED) is 0.0351. The number of carbonyl (C=O) groups is 4. The van der Waals surface area contributed by atoms with Crippen molar-refractivity contribution in [3.05, 3.63) is 266 Å². The lowest BCUT2D eigenvalue weighted by Gasteiger charge is -2.21. The molecule has 0 spiro atoms. The van der Waals surface area contributed by atoms with Crippen molar-refractivity contribution in [1.29, 1.82) is 0 Å². The summed E-state index contributed by atoms with van der Waals surface area (Å²) in [5, 5.41) is 46.8. The number of aromatic nitrogens is 20. The number of rotatable bonds is 20. The van der Waals surface area contributed by atoms with Crippen LogP contribution in [0.15, 0.2) is 208 Å². The van der Waals surface area contributed by atoms with Crippen LogP contribution in [-0.2, 0) is 47.4 Å². The average molecular weight is 1870 g/mol. The van der Waals surface area contributed by atoms with Gasteiger partial charge in [-0.1, -0.05) is 26.3 Å². The van der Waals surface area contributed by atoms with Gasteiger partial charge in [0.2, 0.25) is 23.6 Å². The van der Waals surface area contributed by atoms with Gasteiger partial charge >= 0.3 is 0 Å². The number of hydrazone groups is 2. The smallest absolute Gasteiger partial charge is 0.229 e. The maximum Gasteiger partial charge on any atom is 0.229 e. The summed E-state index contributed by atoms with van der Waals surface area (Å²) in [6.07, 6.45) is 35.5. The molecule has 0 bridgehead atoms. The number of carbonyl (C=O) groups excluding carboxylic acids is 4. The first-order valence-electron chi connectivity index (χ1n) is 45.2. The number of fused-ring (bicyclic) bond motifs is 6. The molecule has 4 aliphatic carbocycles. The Balaban J connectivity index is 0.000000119. The van der Waals surface area contributed by atoms with Gasteiger partial charge in [0.05, 0.1) is 106 Å². The number of nitrogens with zero attached hydrogens (tertiary/aromatic N) is 26. The highest BCUT2D eigenvalue weighted by Crippen LogP contribution is 2.52. The Morgan fingerprint density at radius 1 is 0.357 bits per heavy atom. The maximum absolute atomic E-state index is 12.8. The monoisotopic (exact) mass is 1870 g/mol. The van der Waals surface area contributed by atoms with Gasteiger partial charge in [-0.3, -0.25) is 67.9 Å². The summed E-state index contributed by atoms with van der Waals surface area (Å²) < 4.78 is 7.02. The van der Waals surface area contributed by atoms with Gasteiger partial charge in [-0.25, -0.2) is 39.9 Å². The van der Waals surface area contributed by atoms with E-state index in [0.29, 0.717) is 80.1 Å². The first-order chi connectivity index (χ1) is 67.1. The lowest BCUT2D eigenvalue weighted by Crippen LogP contribution is -2.16. The Hall–Kier alpha value is -17.7. The molecule has 4 fully saturated rings. The van der Waals surface area contributed by atoms with E-state index in [9.17, 15) is 19.2 Å². The average Bonchev–Trinajstić information content (AvgIpc) is 0.875. The number of hydrogen-bond acceptors (Lipinski definition) is 30. The van der Waals surface area contributed by atoms with Gasteiger partial charge < -0.3 is 54.0 Å². The van der Waals surface area contributed by atoms with Crippen LogP contribution in [-0.4, -0.2) is 197 Å². The van der Waals surface area contributed by atoms with Crippen molar-refractivity contribution < 1.29 is 19.2 Å². The van der Waals surface area contributed by atoms with Gasteiger partial charge in [0.1, 0.15) is 46.5 Å². The zero-order valence-electron chi connectivity index (χ0n) is 79.2. The Morgan fingerprint density at radius 2 is 0.636 bits per heavy atom. The largest absolute Gasteiger partial charge is 0.383 e. The van der Waals surface area contributed by atoms with Crippen LogP contribution in [0.2, 0.25) is 0 Å². The third kappa shape index (κ3) is 19.0. The van der Waals surface area contributed by atoms with Gasteiger partial charge in [-0.15, -0.1) is 0 Å². The van der Waals surface area contributed by atoms with E-state index in [2.05, 4.69) is 138 Å². The lowest BCUT2D eigenvalue weighted by atomic mass is 10.0. The predicted octanol–water partition coefficient (Wildman–Crippen LogP) is 13.2. The van der Waals surface area contributed by atoms with Crippen LogP contribution in [0.5, 0.6) is 0 Å². The molecular weight excluding hydrogens is 1770 g/mol. The first kappa shape index (κ1) is 91.4. The summed E-state index contributed by atoms with van der Waals surface area (Å²) in [6, 6.07) is 23.0. The zero-order valence-corrected chi connectivity index (χ0v) is 79.2. The standard InChI is InChI=1S/2C26H28N8O.2C25H23N9O/c2*1-14-6-22(15(2)33(3)4)28-11-20(14)23-7-16-8-24(29-12-21(16)25(27)31-23)32-26(35)19-9-18(19)17-10-30-34(5)13-17;2*1-13-23-16(9-30-34(13)3)4-15(8-28-23)21-5-14-6-22(27-11-20(14)24(26)31-21)32-25(35)19-7-18(19)17-10-29-33(2)12-17/h2*6-8,10-13,18-19H,2,9H2,1,3-5H3,(H2,27,31)(H,29,32,35);2*4-6,8-12,18-19H,1,7H2,2-3H3,(H2,26,31)(H,27,32,35)/t4*18-,19+/m1010/s1. The van der Waals surface area contributed by atoms with Crippen molar-refractivity contribution in [3.63, 3.8) is 0 Å². The van der Waals surface area contributed by atoms with Gasteiger partial charge in [0.25, 0.3) is 0 Å². The van der Waals surface area contributed by atoms with Crippen LogP contribution in [0.25, 0.3) is 111 Å². The molecule has 0 aromatic carbocycles. The van der Waals surface area contributed by atoms with E-state index in [4.69, 9.17) is 22.9 Å². The molecule has 0 radical (unpaired) electrons. The molecule has 12 N–H and O–H groups in total. The van der Waals surface area contributed by atoms with Crippen molar-refractivity contribution >= 4 is 148 Å². The molecule has 16 aromatic heterocycles. The zero-order chi connectivity index (χ0) is 98.2. The number of nitrogens with one attached hydrogen (secondary N) is 4. The normalized spacial score (nSPS) is 17.7. The molecule has 38 heteroatoms. The number of nitrogens with two attached hydrogens (primary N) is 4. The lowest BCUT2D eigenvalue weighted by molar-refractivity contribution is -0.118. The molecule has 0 unspecified atom stereocenters. The summed E-state index contributed by atoms with van der Waals surface area (Å²) in [5.74, 6) is 3.76. The second kappa shape index (κ2) is 36.8. The van der Waals surface area contributed by atoms with E-state index >= 15 is 0 Å². The second-order valence-electron chi connectivity index (χ2n) is 36.5. The molecule has 16 aromatic rings. The van der Waals surface area contributed by atoms with Crippen LogP contribution in [0.1, 0.15) is 117 Å². The Bertz CT molecular complexity index is 7420. The Labute approximate surface area is 804 Å². The fraction of sp³-hybridized carbons (Fsp3) is 0.235. The number of pyridine rings is 12. The maximum atomic E-state index is 12.8. The van der Waals surface area contributed by atoms with Gasteiger partial charge in [0, 0.05) is 223 Å². The molecule has 4 amide bonds. The molecule has 0 saturated heterocycles. The number of aryl methyl sites for hydroxylation is 6. The molecule has 18 heterocycles. The SMILES string of the molecule is C=C(c1cc(C)c(-c2cc3cc(NC(=O)[C@@H]4C[C@H]4c4cnn(C)c4)ncc3c(N)n2)cn1)N(C)C.C=C(c1cc(C)c(-c2cc3cc(NC(=O)[C@H]4C[C@@H]4c4cnn(C)c4)ncc3c(N)n2)cn1)N(C)C.C=C1c2ncc(-c3cc4cc(NC(=O)[C@@H]5C[C@H]5c5cnn(C)c5)ncc4c(N)n3)cc2C=NN1C.C=C1c2ncc(-c3cc4cc(NC(=O)[C@H]5C[C@@H]5c5cnn(C)c5)ncc4c(N)n3)cc2C=NN1C. The van der Waals surface area contributed by atoms with Crippen LogP contribution < -0.4 is 44.2 Å². The molecule has 8 atom stereocenters. The second-order valence-corrected chi connectivity index (χ2v) is 36.5. The summed E-state index contributed by atoms with van der Waals surface area (Å²) in [6.45, 7) is 20.3. The van der Waals surface area contributed by atoms with E-state index in [1.807, 2.05) is 216 Å². The third-order valence-corrected chi connectivity index (χ3v) is 26.0. The third-order valence-electron chi connectivity index (χ3n) is 26.0. The van der Waals surface area contributed by atoms with Crippen LogP contribution in [0.4, 0.5) is 46.5 Å². The molecule has 4 saturated carbocycles. The van der Waals surface area contributed by atoms with E-state index in [0.717, 1.165) is 170 Å². The highest BCUT2D eigenvalue weighted by molar-refractivity contribution is 6.04. The Kier molecular flexibility index (Phi) is 24.0. The first-order valence-corrected chi connectivity index (χ1v) is 45.2. The number of anilines is 8. The molecular formula is C102H102N34O4. The molecule has 704 valence electrons. The highest BCUT2D eigenvalue weighted by atomic mass is 16.2. The van der Waals surface area contributed by atoms with E-state index in [1.54, 1.807) is 90.7 Å². The predicted molar refractivity (Wildman–Crippen MR) is 543 cm³/mol. The van der Waals surface area contributed by atoms with E-state index in [-0.39, 0.29) is 71.0 Å². The number of hydrogen-bond donors (Lipinski definition) is 8. The van der Waals surface area contributed by atoms with Gasteiger partial charge in [-0.2, -0.15) is 30.6 Å². The van der Waals surface area contributed by atoms with E-state index in [1.165, 1.54) is 0 Å². The van der Waals surface area contributed by atoms with Crippen LogP contribution >= 0.6 is 0 Å². The summed E-state index contributed by atoms with van der Waals surface area (Å²) in [5.41, 5.74) is 45.6. The molecule has 140 heavy (non-hydrogen) atoms. The topological polar surface area (TPSA) is 484 Å². The molecule has 22 rings (SSSR count). The van der Waals surface area contributed by atoms with Gasteiger partial charge in [-0.05, 0) is 191 Å². The van der Waals surface area contributed by atoms with Crippen molar-refractivity contribution in [2.75, 3.05) is 86.5 Å². The summed E-state index contributed by atoms with van der Waals surface area (Å²) >= 11 is 0. The van der Waals surface area contributed by atoms with Crippen LogP contribution in [0, 0.1) is 37.5 Å². The fourth-order valence-corrected chi connectivity index (χ4v) is 17.4. The molecule has 6 aliphatic rings. The van der Waals surface area contributed by atoms with Crippen molar-refractivity contribution in [2.45, 2.75) is 63.2 Å². The number of amides is 4. The van der Waals surface area contributed by atoms with Crippen molar-refractivity contribution in [3.8, 4) is 45.0 Å². The van der Waals surface area contributed by atoms with Gasteiger partial charge in [0.15, 0.2) is 0 Å². The minimum absolute atomic E-state index is 0.0373. The van der Waals surface area contributed by atoms with Crippen LogP contribution in [0.3, 0.4) is 0 Å². The van der Waals surface area contributed by atoms with Crippen molar-refractivity contribution in [2.24, 2.45) is 62.1 Å². The number of nitrogen functional groups attached to an aromatic ring is 4. The van der Waals surface area contributed by atoms with E-state index < -0.39 is 0 Å². The summed E-state index contributed by atoms with van der Waals surface area (Å²) in [4.78, 5) is 109. The Morgan fingerprint density at radius 3 is 0.900 bits per heavy atom.